The number of tetrazole rings is 1. The van der Waals surface area contributed by atoms with Gasteiger partial charge in [-0.05, 0) is 10.6 Å². The average Bonchev–Trinajstić information content (AvgIpc) is 2.47. The molecule has 0 bridgehead atoms. The summed E-state index contributed by atoms with van der Waals surface area (Å²) >= 11 is 0. The minimum absolute atomic E-state index is 0.151. The second-order valence-electron chi connectivity index (χ2n) is 4.77. The predicted molar refractivity (Wildman–Crippen MR) is 47.2 cm³/mol. The third-order valence-electron chi connectivity index (χ3n) is 1.74. The summed E-state index contributed by atoms with van der Waals surface area (Å²) in [7, 11) is 0. The van der Waals surface area contributed by atoms with Crippen LogP contribution in [-0.4, -0.2) is 26.4 Å². The van der Waals surface area contributed by atoms with Gasteiger partial charge in [-0.1, -0.05) is 25.6 Å². The summed E-state index contributed by atoms with van der Waals surface area (Å²) in [5, 5.41) is 8.99. The van der Waals surface area contributed by atoms with Crippen LogP contribution in [0.4, 0.5) is 22.0 Å². The van der Waals surface area contributed by atoms with Gasteiger partial charge in [0.05, 0.1) is 0 Å². The van der Waals surface area contributed by atoms with Crippen LogP contribution in [0.25, 0.3) is 0 Å². The molecule has 0 aliphatic carbocycles. The summed E-state index contributed by atoms with van der Waals surface area (Å²) in [6.07, 6.45) is -5.59. The molecule has 0 fully saturated rings. The maximum Gasteiger partial charge on any atom is 0.479 e. The van der Waals surface area contributed by atoms with Crippen LogP contribution in [0.15, 0.2) is 0 Å². The fourth-order valence-electron chi connectivity index (χ4n) is 1.02. The van der Waals surface area contributed by atoms with Crippen LogP contribution >= 0.6 is 0 Å². The van der Waals surface area contributed by atoms with Crippen molar-refractivity contribution in [2.45, 2.75) is 39.4 Å². The Hall–Kier alpha value is -1.28. The normalized spacial score (nSPS) is 14.1. The molecule has 0 amide bonds. The monoisotopic (exact) mass is 258 g/mol. The van der Waals surface area contributed by atoms with Gasteiger partial charge in [0.15, 0.2) is 5.82 Å². The maximum atomic E-state index is 12.8. The molecule has 1 aromatic rings. The Morgan fingerprint density at radius 1 is 1.06 bits per heavy atom. The lowest BCUT2D eigenvalue weighted by molar-refractivity contribution is -0.333. The molecule has 0 aliphatic heterocycles. The molecule has 1 heterocycles. The Morgan fingerprint density at radius 2 is 1.59 bits per heavy atom. The summed E-state index contributed by atoms with van der Waals surface area (Å²) in [5.74, 6) is -0.151. The van der Waals surface area contributed by atoms with Crippen LogP contribution in [0, 0.1) is 5.41 Å². The van der Waals surface area contributed by atoms with E-state index >= 15 is 0 Å². The van der Waals surface area contributed by atoms with E-state index in [0.29, 0.717) is 0 Å². The number of rotatable bonds is 2. The van der Waals surface area contributed by atoms with Crippen molar-refractivity contribution in [3.8, 4) is 0 Å². The first kappa shape index (κ1) is 13.8. The van der Waals surface area contributed by atoms with E-state index in [1.165, 1.54) is 0 Å². The van der Waals surface area contributed by atoms with Crippen molar-refractivity contribution < 1.29 is 22.0 Å². The van der Waals surface area contributed by atoms with Crippen LogP contribution in [-0.2, 0) is 12.5 Å². The van der Waals surface area contributed by atoms with Gasteiger partial charge in [0.2, 0.25) is 0 Å². The Bertz CT molecular complexity index is 389. The Balaban J connectivity index is 2.96. The lowest BCUT2D eigenvalue weighted by Crippen LogP contribution is -2.41. The molecule has 0 aliphatic rings. The Labute approximate surface area is 93.8 Å². The van der Waals surface area contributed by atoms with Crippen LogP contribution in [0.1, 0.15) is 26.6 Å². The van der Waals surface area contributed by atoms with Crippen molar-refractivity contribution >= 4 is 0 Å². The molecule has 0 unspecified atom stereocenters. The Morgan fingerprint density at radius 3 is 2.00 bits per heavy atom. The number of nitrogens with zero attached hydrogens (tertiary/aromatic N) is 4. The second-order valence-corrected chi connectivity index (χ2v) is 4.77. The molecule has 0 radical (unpaired) electrons. The highest BCUT2D eigenvalue weighted by atomic mass is 19.4. The van der Waals surface area contributed by atoms with Crippen molar-refractivity contribution in [2.24, 2.45) is 5.41 Å². The molecule has 0 aromatic carbocycles. The first-order valence-corrected chi connectivity index (χ1v) is 4.67. The highest BCUT2D eigenvalue weighted by Gasteiger charge is 2.61. The van der Waals surface area contributed by atoms with Crippen LogP contribution in [0.2, 0.25) is 0 Å². The Kier molecular flexibility index (Phi) is 3.15. The lowest BCUT2D eigenvalue weighted by Gasteiger charge is -2.17. The van der Waals surface area contributed by atoms with E-state index in [9.17, 15) is 22.0 Å². The zero-order valence-corrected chi connectivity index (χ0v) is 9.39. The molecule has 0 spiro atoms. The molecule has 0 N–H and O–H groups in total. The van der Waals surface area contributed by atoms with Crippen molar-refractivity contribution in [3.05, 3.63) is 5.82 Å². The molecule has 1 aromatic heterocycles. The fraction of sp³-hybridized carbons (Fsp3) is 0.875. The van der Waals surface area contributed by atoms with Gasteiger partial charge in [-0.3, -0.25) is 0 Å². The van der Waals surface area contributed by atoms with E-state index in [1.54, 1.807) is 20.8 Å². The van der Waals surface area contributed by atoms with E-state index in [1.807, 2.05) is 0 Å². The van der Waals surface area contributed by atoms with E-state index < -0.39 is 17.0 Å². The molecule has 0 saturated carbocycles. The zero-order chi connectivity index (χ0) is 13.5. The third-order valence-corrected chi connectivity index (χ3v) is 1.74. The van der Waals surface area contributed by atoms with E-state index in [-0.39, 0.29) is 17.7 Å². The van der Waals surface area contributed by atoms with Gasteiger partial charge < -0.3 is 0 Å². The molecular formula is C8H11F5N4. The summed E-state index contributed by atoms with van der Waals surface area (Å²) in [5.41, 5.74) is -0.332. The number of hydrogen-bond acceptors (Lipinski definition) is 3. The lowest BCUT2D eigenvalue weighted by atomic mass is 9.92. The van der Waals surface area contributed by atoms with Crippen molar-refractivity contribution in [2.75, 3.05) is 0 Å². The molecule has 98 valence electrons. The van der Waals surface area contributed by atoms with Gasteiger partial charge in [-0.15, -0.1) is 10.2 Å². The van der Waals surface area contributed by atoms with Gasteiger partial charge >= 0.3 is 12.2 Å². The zero-order valence-electron chi connectivity index (χ0n) is 9.39. The standard InChI is InChI=1S/C8H11F5N4/c1-6(2,3)4-5-14-16-17(15-5)8(12,13)7(9,10)11/h4H2,1-3H3. The van der Waals surface area contributed by atoms with Crippen molar-refractivity contribution in [3.63, 3.8) is 0 Å². The van der Waals surface area contributed by atoms with Gasteiger partial charge in [-0.2, -0.15) is 22.0 Å². The minimum Gasteiger partial charge on any atom is -0.169 e. The number of alkyl halides is 5. The van der Waals surface area contributed by atoms with Crippen LogP contribution < -0.4 is 0 Å². The highest BCUT2D eigenvalue weighted by molar-refractivity contribution is 4.85. The maximum absolute atomic E-state index is 12.8. The summed E-state index contributed by atoms with van der Waals surface area (Å²) in [4.78, 5) is -0.700. The smallest absolute Gasteiger partial charge is 0.169 e. The van der Waals surface area contributed by atoms with Crippen LogP contribution in [0.5, 0.6) is 0 Å². The minimum atomic E-state index is -5.74. The largest absolute Gasteiger partial charge is 0.479 e. The van der Waals surface area contributed by atoms with Crippen molar-refractivity contribution in [1.82, 2.24) is 20.2 Å². The first-order chi connectivity index (χ1) is 7.43. The number of hydrogen-bond donors (Lipinski definition) is 0. The molecule has 4 nitrogen and oxygen atoms in total. The topological polar surface area (TPSA) is 43.6 Å². The fourth-order valence-corrected chi connectivity index (χ4v) is 1.02. The summed E-state index contributed by atoms with van der Waals surface area (Å²) in [6.45, 7) is 5.32. The summed E-state index contributed by atoms with van der Waals surface area (Å²) < 4.78 is 61.5. The van der Waals surface area contributed by atoms with Gasteiger partial charge in [0, 0.05) is 6.42 Å². The molecule has 0 atom stereocenters. The molecule has 0 saturated heterocycles. The molecule has 9 heteroatoms. The number of aromatic nitrogens is 4. The van der Waals surface area contributed by atoms with E-state index in [4.69, 9.17) is 0 Å². The second kappa shape index (κ2) is 3.88. The van der Waals surface area contributed by atoms with Gasteiger partial charge in [0.25, 0.3) is 0 Å². The van der Waals surface area contributed by atoms with Gasteiger partial charge in [-0.25, -0.2) is 0 Å². The third kappa shape index (κ3) is 3.10. The van der Waals surface area contributed by atoms with Crippen LogP contribution in [0.3, 0.4) is 0 Å². The van der Waals surface area contributed by atoms with Gasteiger partial charge in [0.1, 0.15) is 0 Å². The highest BCUT2D eigenvalue weighted by Crippen LogP contribution is 2.38. The van der Waals surface area contributed by atoms with Crippen molar-refractivity contribution in [1.29, 1.82) is 0 Å². The SMILES string of the molecule is CC(C)(C)Cc1nnn(C(F)(F)C(F)(F)F)n1. The molecule has 17 heavy (non-hydrogen) atoms. The quantitative estimate of drug-likeness (QED) is 0.765. The first-order valence-electron chi connectivity index (χ1n) is 4.67. The van der Waals surface area contributed by atoms with E-state index in [0.717, 1.165) is 0 Å². The molecular weight excluding hydrogens is 247 g/mol. The number of halogens is 5. The average molecular weight is 258 g/mol. The molecule has 1 rings (SSSR count). The summed E-state index contributed by atoms with van der Waals surface area (Å²) in [6, 6.07) is -5.14. The van der Waals surface area contributed by atoms with E-state index in [2.05, 4.69) is 15.4 Å². The predicted octanol–water partition coefficient (Wildman–Crippen LogP) is 2.37.